The molecule has 1 saturated heterocycles. The topological polar surface area (TPSA) is 82.1 Å². The molecule has 0 radical (unpaired) electrons. The van der Waals surface area contributed by atoms with Crippen molar-refractivity contribution in [3.63, 3.8) is 0 Å². The largest absolute Gasteiger partial charge is 0.396 e. The molecule has 15 heavy (non-hydrogen) atoms. The Morgan fingerprint density at radius 1 is 1.60 bits per heavy atom. The van der Waals surface area contributed by atoms with E-state index in [1.54, 1.807) is 4.90 Å². The first kappa shape index (κ1) is 10.1. The highest BCUT2D eigenvalue weighted by molar-refractivity contribution is 5.91. The van der Waals surface area contributed by atoms with Crippen molar-refractivity contribution in [1.29, 1.82) is 0 Å². The maximum atomic E-state index is 11.8. The van der Waals surface area contributed by atoms with Gasteiger partial charge in [0.1, 0.15) is 0 Å². The zero-order chi connectivity index (χ0) is 10.7. The molecule has 2 rings (SSSR count). The Morgan fingerprint density at radius 3 is 2.87 bits per heavy atom. The van der Waals surface area contributed by atoms with Crippen molar-refractivity contribution in [3.05, 3.63) is 11.9 Å². The average molecular weight is 210 g/mol. The first-order chi connectivity index (χ1) is 7.31. The lowest BCUT2D eigenvalue weighted by Gasteiger charge is -2.30. The monoisotopic (exact) mass is 210 g/mol. The molecule has 82 valence electrons. The third-order valence-corrected chi connectivity index (χ3v) is 2.79. The van der Waals surface area contributed by atoms with E-state index in [1.165, 1.54) is 6.20 Å². The molecule has 2 heterocycles. The molecule has 1 aliphatic heterocycles. The second-order valence-electron chi connectivity index (χ2n) is 3.77. The van der Waals surface area contributed by atoms with Crippen molar-refractivity contribution < 1.29 is 9.90 Å². The summed E-state index contributed by atoms with van der Waals surface area (Å²) in [4.78, 5) is 13.6. The van der Waals surface area contributed by atoms with Gasteiger partial charge in [-0.3, -0.25) is 4.79 Å². The zero-order valence-electron chi connectivity index (χ0n) is 8.39. The van der Waals surface area contributed by atoms with Crippen molar-refractivity contribution in [1.82, 2.24) is 20.3 Å². The van der Waals surface area contributed by atoms with Crippen LogP contribution in [-0.2, 0) is 0 Å². The van der Waals surface area contributed by atoms with Crippen LogP contribution in [0.25, 0.3) is 0 Å². The summed E-state index contributed by atoms with van der Waals surface area (Å²) >= 11 is 0. The van der Waals surface area contributed by atoms with Crippen molar-refractivity contribution in [3.8, 4) is 0 Å². The number of aliphatic hydroxyl groups is 1. The number of piperidine rings is 1. The van der Waals surface area contributed by atoms with Gasteiger partial charge in [0.15, 0.2) is 5.69 Å². The number of likely N-dealkylation sites (tertiary alicyclic amines) is 1. The Labute approximate surface area is 87.3 Å². The number of nitrogens with zero attached hydrogens (tertiary/aromatic N) is 3. The fourth-order valence-electron chi connectivity index (χ4n) is 1.79. The molecular formula is C9H14N4O2. The lowest BCUT2D eigenvalue weighted by atomic mass is 9.98. The Balaban J connectivity index is 1.93. The summed E-state index contributed by atoms with van der Waals surface area (Å²) in [6.45, 7) is 1.60. The molecule has 0 spiro atoms. The van der Waals surface area contributed by atoms with Gasteiger partial charge in [-0.15, -0.1) is 0 Å². The molecular weight excluding hydrogens is 196 g/mol. The molecule has 6 heteroatoms. The Hall–Kier alpha value is -1.43. The van der Waals surface area contributed by atoms with Gasteiger partial charge in [0.05, 0.1) is 6.20 Å². The number of aliphatic hydroxyl groups excluding tert-OH is 1. The SMILES string of the molecule is O=C(c1cn[nH]n1)N1CCC(CO)CC1. The minimum atomic E-state index is -0.0832. The number of rotatable bonds is 2. The van der Waals surface area contributed by atoms with Crippen LogP contribution in [0.1, 0.15) is 23.3 Å². The number of aromatic nitrogens is 3. The van der Waals surface area contributed by atoms with Crippen LogP contribution in [0.5, 0.6) is 0 Å². The van der Waals surface area contributed by atoms with Crippen LogP contribution >= 0.6 is 0 Å². The highest BCUT2D eigenvalue weighted by Gasteiger charge is 2.24. The van der Waals surface area contributed by atoms with Gasteiger partial charge in [-0.05, 0) is 18.8 Å². The molecule has 1 fully saturated rings. The molecule has 0 saturated carbocycles. The molecule has 0 aromatic carbocycles. The van der Waals surface area contributed by atoms with E-state index in [1.807, 2.05) is 0 Å². The summed E-state index contributed by atoms with van der Waals surface area (Å²) in [7, 11) is 0. The molecule has 2 N–H and O–H groups in total. The summed E-state index contributed by atoms with van der Waals surface area (Å²) in [5.74, 6) is 0.256. The van der Waals surface area contributed by atoms with Gasteiger partial charge >= 0.3 is 0 Å². The summed E-state index contributed by atoms with van der Waals surface area (Å²) in [6, 6.07) is 0. The van der Waals surface area contributed by atoms with Crippen LogP contribution in [0.4, 0.5) is 0 Å². The second-order valence-corrected chi connectivity index (χ2v) is 3.77. The standard InChI is InChI=1S/C9H14N4O2/c14-6-7-1-3-13(4-2-7)9(15)8-5-10-12-11-8/h5,7,14H,1-4,6H2,(H,10,11,12). The Morgan fingerprint density at radius 2 is 2.33 bits per heavy atom. The second kappa shape index (κ2) is 4.39. The van der Waals surface area contributed by atoms with Gasteiger partial charge in [-0.25, -0.2) is 0 Å². The molecule has 0 atom stereocenters. The fourth-order valence-corrected chi connectivity index (χ4v) is 1.79. The van der Waals surface area contributed by atoms with Crippen LogP contribution < -0.4 is 0 Å². The van der Waals surface area contributed by atoms with E-state index >= 15 is 0 Å². The predicted octanol–water partition coefficient (Wildman–Crippen LogP) is -0.351. The van der Waals surface area contributed by atoms with Gasteiger partial charge < -0.3 is 10.0 Å². The van der Waals surface area contributed by atoms with Gasteiger partial charge in [0.2, 0.25) is 0 Å². The number of carbonyl (C=O) groups excluding carboxylic acids is 1. The van der Waals surface area contributed by atoms with E-state index in [0.29, 0.717) is 24.7 Å². The minimum Gasteiger partial charge on any atom is -0.396 e. The number of amides is 1. The van der Waals surface area contributed by atoms with Crippen LogP contribution in [-0.4, -0.2) is 51.0 Å². The maximum Gasteiger partial charge on any atom is 0.276 e. The third kappa shape index (κ3) is 2.15. The summed E-state index contributed by atoms with van der Waals surface area (Å²) in [5, 5.41) is 18.8. The van der Waals surface area contributed by atoms with Crippen molar-refractivity contribution >= 4 is 5.91 Å². The number of H-pyrrole nitrogens is 1. The van der Waals surface area contributed by atoms with E-state index in [4.69, 9.17) is 5.11 Å². The van der Waals surface area contributed by atoms with E-state index < -0.39 is 0 Å². The number of hydrogen-bond donors (Lipinski definition) is 2. The number of aromatic amines is 1. The van der Waals surface area contributed by atoms with E-state index in [-0.39, 0.29) is 12.5 Å². The number of nitrogens with one attached hydrogen (secondary N) is 1. The van der Waals surface area contributed by atoms with E-state index in [2.05, 4.69) is 15.4 Å². The zero-order valence-corrected chi connectivity index (χ0v) is 8.39. The van der Waals surface area contributed by atoms with Crippen LogP contribution in [0.3, 0.4) is 0 Å². The van der Waals surface area contributed by atoms with Crippen molar-refractivity contribution in [2.75, 3.05) is 19.7 Å². The fraction of sp³-hybridized carbons (Fsp3) is 0.667. The molecule has 0 aliphatic carbocycles. The first-order valence-corrected chi connectivity index (χ1v) is 5.07. The molecule has 1 aliphatic rings. The van der Waals surface area contributed by atoms with Gasteiger partial charge in [0, 0.05) is 19.7 Å². The van der Waals surface area contributed by atoms with E-state index in [0.717, 1.165) is 12.8 Å². The molecule has 1 amide bonds. The molecule has 0 unspecified atom stereocenters. The summed E-state index contributed by atoms with van der Waals surface area (Å²) in [5.41, 5.74) is 0.359. The molecule has 6 nitrogen and oxygen atoms in total. The Bertz CT molecular complexity index is 317. The van der Waals surface area contributed by atoms with Crippen molar-refractivity contribution in [2.45, 2.75) is 12.8 Å². The molecule has 1 aromatic heterocycles. The van der Waals surface area contributed by atoms with E-state index in [9.17, 15) is 4.79 Å². The van der Waals surface area contributed by atoms with Crippen molar-refractivity contribution in [2.24, 2.45) is 5.92 Å². The lowest BCUT2D eigenvalue weighted by Crippen LogP contribution is -2.39. The quantitative estimate of drug-likeness (QED) is 0.699. The number of hydrogen-bond acceptors (Lipinski definition) is 4. The first-order valence-electron chi connectivity index (χ1n) is 5.07. The summed E-state index contributed by atoms with van der Waals surface area (Å²) < 4.78 is 0. The predicted molar refractivity (Wildman–Crippen MR) is 52.1 cm³/mol. The van der Waals surface area contributed by atoms with Crippen LogP contribution in [0, 0.1) is 5.92 Å². The third-order valence-electron chi connectivity index (χ3n) is 2.79. The number of carbonyl (C=O) groups is 1. The molecule has 0 bridgehead atoms. The van der Waals surface area contributed by atoms with Gasteiger partial charge in [-0.1, -0.05) is 0 Å². The minimum absolute atomic E-state index is 0.0832. The van der Waals surface area contributed by atoms with Gasteiger partial charge in [0.25, 0.3) is 5.91 Å². The lowest BCUT2D eigenvalue weighted by molar-refractivity contribution is 0.0645. The average Bonchev–Trinajstić information content (AvgIpc) is 2.82. The van der Waals surface area contributed by atoms with Crippen LogP contribution in [0.2, 0.25) is 0 Å². The molecule has 1 aromatic rings. The highest BCUT2D eigenvalue weighted by atomic mass is 16.3. The van der Waals surface area contributed by atoms with Crippen LogP contribution in [0.15, 0.2) is 6.20 Å². The smallest absolute Gasteiger partial charge is 0.276 e. The highest BCUT2D eigenvalue weighted by Crippen LogP contribution is 2.17. The normalized spacial score (nSPS) is 18.1. The Kier molecular flexibility index (Phi) is 2.96. The van der Waals surface area contributed by atoms with Gasteiger partial charge in [-0.2, -0.15) is 15.4 Å². The summed E-state index contributed by atoms with van der Waals surface area (Å²) in [6.07, 6.45) is 3.15. The maximum absolute atomic E-state index is 11.8.